The van der Waals surface area contributed by atoms with Crippen molar-refractivity contribution in [2.45, 2.75) is 33.0 Å². The molecule has 0 saturated heterocycles. The summed E-state index contributed by atoms with van der Waals surface area (Å²) in [5.41, 5.74) is 3.43. The van der Waals surface area contributed by atoms with Gasteiger partial charge in [-0.2, -0.15) is 0 Å². The molecule has 0 aliphatic heterocycles. The number of benzene rings is 1. The summed E-state index contributed by atoms with van der Waals surface area (Å²) in [4.78, 5) is 2.08. The Kier molecular flexibility index (Phi) is 6.12. The molecular weight excluding hydrogens is 240 g/mol. The van der Waals surface area contributed by atoms with E-state index >= 15 is 0 Å². The van der Waals surface area contributed by atoms with E-state index in [0.717, 1.165) is 5.69 Å². The van der Waals surface area contributed by atoms with Crippen LogP contribution >= 0.6 is 0 Å². The fourth-order valence-corrected chi connectivity index (χ4v) is 1.80. The second-order valence-electron chi connectivity index (χ2n) is 5.31. The van der Waals surface area contributed by atoms with Gasteiger partial charge in [-0.05, 0) is 38.5 Å². The molecule has 0 amide bonds. The maximum absolute atomic E-state index is 9.79. The van der Waals surface area contributed by atoms with Crippen LogP contribution in [-0.4, -0.2) is 44.6 Å². The molecule has 0 spiro atoms. The van der Waals surface area contributed by atoms with Crippen molar-refractivity contribution in [1.29, 1.82) is 0 Å². The summed E-state index contributed by atoms with van der Waals surface area (Å²) in [5.74, 6) is 0. The van der Waals surface area contributed by atoms with E-state index < -0.39 is 6.10 Å². The van der Waals surface area contributed by atoms with Gasteiger partial charge < -0.3 is 20.1 Å². The van der Waals surface area contributed by atoms with Crippen molar-refractivity contribution in [3.63, 3.8) is 0 Å². The van der Waals surface area contributed by atoms with Crippen LogP contribution < -0.4 is 10.2 Å². The number of ether oxygens (including phenoxy) is 1. The van der Waals surface area contributed by atoms with Gasteiger partial charge in [0.1, 0.15) is 0 Å². The van der Waals surface area contributed by atoms with Crippen molar-refractivity contribution in [3.05, 3.63) is 23.8 Å². The van der Waals surface area contributed by atoms with Crippen LogP contribution in [0.25, 0.3) is 0 Å². The number of rotatable bonds is 7. The molecule has 4 heteroatoms. The van der Waals surface area contributed by atoms with Gasteiger partial charge in [0, 0.05) is 32.0 Å². The summed E-state index contributed by atoms with van der Waals surface area (Å²) in [6, 6.07) is 6.19. The SMILES string of the molecule is Cc1ccc(NCC(O)COC(C)C)cc1N(C)C. The molecule has 1 aromatic carbocycles. The molecule has 1 unspecified atom stereocenters. The molecule has 0 heterocycles. The number of aliphatic hydroxyl groups is 1. The van der Waals surface area contributed by atoms with E-state index in [1.54, 1.807) is 0 Å². The van der Waals surface area contributed by atoms with E-state index in [1.807, 2.05) is 34.0 Å². The highest BCUT2D eigenvalue weighted by Gasteiger charge is 2.07. The average Bonchev–Trinajstić information content (AvgIpc) is 2.35. The van der Waals surface area contributed by atoms with Gasteiger partial charge >= 0.3 is 0 Å². The summed E-state index contributed by atoms with van der Waals surface area (Å²) in [7, 11) is 4.05. The lowest BCUT2D eigenvalue weighted by atomic mass is 10.1. The van der Waals surface area contributed by atoms with Crippen LogP contribution in [-0.2, 0) is 4.74 Å². The van der Waals surface area contributed by atoms with Crippen molar-refractivity contribution in [1.82, 2.24) is 0 Å². The van der Waals surface area contributed by atoms with Crippen LogP contribution in [0, 0.1) is 6.92 Å². The van der Waals surface area contributed by atoms with Gasteiger partial charge in [-0.15, -0.1) is 0 Å². The zero-order chi connectivity index (χ0) is 14.4. The Balaban J connectivity index is 2.51. The molecule has 1 aromatic rings. The molecular formula is C15H26N2O2. The highest BCUT2D eigenvalue weighted by atomic mass is 16.5. The number of aryl methyl sites for hydroxylation is 1. The molecule has 0 radical (unpaired) electrons. The number of aliphatic hydroxyl groups excluding tert-OH is 1. The van der Waals surface area contributed by atoms with Crippen LogP contribution in [0.2, 0.25) is 0 Å². The molecule has 0 fully saturated rings. The summed E-state index contributed by atoms with van der Waals surface area (Å²) in [6.45, 7) is 6.86. The van der Waals surface area contributed by atoms with Gasteiger partial charge in [0.2, 0.25) is 0 Å². The molecule has 0 bridgehead atoms. The quantitative estimate of drug-likeness (QED) is 0.794. The zero-order valence-electron chi connectivity index (χ0n) is 12.6. The normalized spacial score (nSPS) is 12.6. The van der Waals surface area contributed by atoms with E-state index in [0.29, 0.717) is 13.2 Å². The van der Waals surface area contributed by atoms with Gasteiger partial charge in [0.25, 0.3) is 0 Å². The molecule has 0 aliphatic rings. The molecule has 1 rings (SSSR count). The monoisotopic (exact) mass is 266 g/mol. The number of nitrogens with one attached hydrogen (secondary N) is 1. The first-order chi connectivity index (χ1) is 8.90. The molecule has 108 valence electrons. The molecule has 19 heavy (non-hydrogen) atoms. The lowest BCUT2D eigenvalue weighted by molar-refractivity contribution is 0.0112. The van der Waals surface area contributed by atoms with Crippen LogP contribution in [0.3, 0.4) is 0 Å². The predicted molar refractivity (Wildman–Crippen MR) is 81.1 cm³/mol. The number of hydrogen-bond acceptors (Lipinski definition) is 4. The first-order valence-corrected chi connectivity index (χ1v) is 6.71. The zero-order valence-corrected chi connectivity index (χ0v) is 12.6. The van der Waals surface area contributed by atoms with Gasteiger partial charge in [0.05, 0.1) is 18.8 Å². The summed E-state index contributed by atoms with van der Waals surface area (Å²) < 4.78 is 5.37. The predicted octanol–water partition coefficient (Wildman–Crippen LogP) is 2.26. The highest BCUT2D eigenvalue weighted by Crippen LogP contribution is 2.22. The summed E-state index contributed by atoms with van der Waals surface area (Å²) in [5, 5.41) is 13.0. The van der Waals surface area contributed by atoms with E-state index in [9.17, 15) is 5.11 Å². The minimum absolute atomic E-state index is 0.148. The first kappa shape index (κ1) is 15.8. The molecule has 2 N–H and O–H groups in total. The van der Waals surface area contributed by atoms with E-state index in [2.05, 4.69) is 29.3 Å². The fraction of sp³-hybridized carbons (Fsp3) is 0.600. The second kappa shape index (κ2) is 7.36. The lowest BCUT2D eigenvalue weighted by Gasteiger charge is -2.19. The Morgan fingerprint density at radius 3 is 2.58 bits per heavy atom. The average molecular weight is 266 g/mol. The Morgan fingerprint density at radius 1 is 1.32 bits per heavy atom. The van der Waals surface area contributed by atoms with Crippen molar-refractivity contribution in [3.8, 4) is 0 Å². The van der Waals surface area contributed by atoms with Crippen molar-refractivity contribution < 1.29 is 9.84 Å². The lowest BCUT2D eigenvalue weighted by Crippen LogP contribution is -2.26. The van der Waals surface area contributed by atoms with Crippen LogP contribution in [0.15, 0.2) is 18.2 Å². The second-order valence-corrected chi connectivity index (χ2v) is 5.31. The summed E-state index contributed by atoms with van der Waals surface area (Å²) >= 11 is 0. The number of nitrogens with zero attached hydrogens (tertiary/aromatic N) is 1. The van der Waals surface area contributed by atoms with E-state index in [-0.39, 0.29) is 6.10 Å². The van der Waals surface area contributed by atoms with Crippen LogP contribution in [0.5, 0.6) is 0 Å². The van der Waals surface area contributed by atoms with Crippen molar-refractivity contribution in [2.24, 2.45) is 0 Å². The maximum atomic E-state index is 9.79. The van der Waals surface area contributed by atoms with Gasteiger partial charge in [-0.25, -0.2) is 0 Å². The molecule has 4 nitrogen and oxygen atoms in total. The smallest absolute Gasteiger partial charge is 0.0945 e. The van der Waals surface area contributed by atoms with Gasteiger partial charge in [-0.3, -0.25) is 0 Å². The molecule has 0 saturated carbocycles. The Morgan fingerprint density at radius 2 is 2.00 bits per heavy atom. The Bertz CT molecular complexity index is 392. The largest absolute Gasteiger partial charge is 0.389 e. The van der Waals surface area contributed by atoms with Crippen LogP contribution in [0.1, 0.15) is 19.4 Å². The molecule has 0 aromatic heterocycles. The Labute approximate surface area is 116 Å². The highest BCUT2D eigenvalue weighted by molar-refractivity contribution is 5.61. The third-order valence-corrected chi connectivity index (χ3v) is 2.85. The minimum Gasteiger partial charge on any atom is -0.389 e. The van der Waals surface area contributed by atoms with E-state index in [1.165, 1.54) is 11.3 Å². The minimum atomic E-state index is -0.494. The van der Waals surface area contributed by atoms with Crippen molar-refractivity contribution in [2.75, 3.05) is 37.5 Å². The van der Waals surface area contributed by atoms with E-state index in [4.69, 9.17) is 4.74 Å². The van der Waals surface area contributed by atoms with Crippen molar-refractivity contribution >= 4 is 11.4 Å². The molecule has 0 aliphatic carbocycles. The van der Waals surface area contributed by atoms with Gasteiger partial charge in [-0.1, -0.05) is 6.07 Å². The maximum Gasteiger partial charge on any atom is 0.0945 e. The third-order valence-electron chi connectivity index (χ3n) is 2.85. The summed E-state index contributed by atoms with van der Waals surface area (Å²) in [6.07, 6.45) is -0.346. The topological polar surface area (TPSA) is 44.7 Å². The van der Waals surface area contributed by atoms with Crippen LogP contribution in [0.4, 0.5) is 11.4 Å². The van der Waals surface area contributed by atoms with Gasteiger partial charge in [0.15, 0.2) is 0 Å². The first-order valence-electron chi connectivity index (χ1n) is 6.71. The third kappa shape index (κ3) is 5.49. The number of hydrogen-bond donors (Lipinski definition) is 2. The number of anilines is 2. The Hall–Kier alpha value is -1.26. The standard InChI is InChI=1S/C15H26N2O2/c1-11(2)19-10-14(18)9-16-13-7-6-12(3)15(8-13)17(4)5/h6-8,11,14,16,18H,9-10H2,1-5H3. The fourth-order valence-electron chi connectivity index (χ4n) is 1.80. The molecule has 1 atom stereocenters.